The van der Waals surface area contributed by atoms with E-state index in [0.29, 0.717) is 0 Å². The van der Waals surface area contributed by atoms with Crippen LogP contribution < -0.4 is 5.32 Å². The molecular formula is C16H24N2O2. The summed E-state index contributed by atoms with van der Waals surface area (Å²) in [4.78, 5) is 26.9. The normalized spacial score (nSPS) is 50.5. The van der Waals surface area contributed by atoms with Gasteiger partial charge in [-0.25, -0.2) is 4.79 Å². The highest BCUT2D eigenvalue weighted by atomic mass is 16.2. The summed E-state index contributed by atoms with van der Waals surface area (Å²) in [6.07, 6.45) is 7.15. The zero-order chi connectivity index (χ0) is 14.1. The largest absolute Gasteiger partial charge is 0.334 e. The lowest BCUT2D eigenvalue weighted by atomic mass is 9.52. The van der Waals surface area contributed by atoms with E-state index in [1.165, 1.54) is 19.3 Å². The molecule has 1 saturated heterocycles. The minimum atomic E-state index is -0.148. The van der Waals surface area contributed by atoms with Crippen LogP contribution in [-0.2, 0) is 4.79 Å². The molecule has 2 atom stereocenters. The van der Waals surface area contributed by atoms with Crippen LogP contribution >= 0.6 is 0 Å². The Morgan fingerprint density at radius 2 is 1.50 bits per heavy atom. The predicted molar refractivity (Wildman–Crippen MR) is 74.9 cm³/mol. The highest BCUT2D eigenvalue weighted by Gasteiger charge is 2.58. The molecule has 5 aliphatic rings. The van der Waals surface area contributed by atoms with E-state index in [2.05, 4.69) is 5.32 Å². The number of hydrogen-bond acceptors (Lipinski definition) is 2. The van der Waals surface area contributed by atoms with Gasteiger partial charge in [-0.1, -0.05) is 6.92 Å². The van der Waals surface area contributed by atoms with Gasteiger partial charge in [-0.2, -0.15) is 0 Å². The van der Waals surface area contributed by atoms with Crippen LogP contribution in [0.25, 0.3) is 0 Å². The van der Waals surface area contributed by atoms with E-state index >= 15 is 0 Å². The lowest BCUT2D eigenvalue weighted by Crippen LogP contribution is -2.69. The maximum Gasteiger partial charge on any atom is 0.324 e. The molecule has 4 saturated carbocycles. The Bertz CT molecular complexity index is 438. The number of nitrogens with one attached hydrogen (secondary N) is 1. The number of urea groups is 1. The number of rotatable bonds is 1. The fourth-order valence-electron chi connectivity index (χ4n) is 5.69. The third-order valence-electron chi connectivity index (χ3n) is 6.39. The van der Waals surface area contributed by atoms with Gasteiger partial charge in [0.2, 0.25) is 5.91 Å². The minimum absolute atomic E-state index is 0.0415. The van der Waals surface area contributed by atoms with E-state index in [9.17, 15) is 9.59 Å². The van der Waals surface area contributed by atoms with E-state index in [0.717, 1.165) is 37.0 Å². The summed E-state index contributed by atoms with van der Waals surface area (Å²) >= 11 is 0. The van der Waals surface area contributed by atoms with Crippen molar-refractivity contribution >= 4 is 11.9 Å². The maximum absolute atomic E-state index is 12.7. The van der Waals surface area contributed by atoms with Crippen LogP contribution in [0.1, 0.15) is 52.4 Å². The zero-order valence-electron chi connectivity index (χ0n) is 12.4. The van der Waals surface area contributed by atoms with Crippen LogP contribution in [-0.4, -0.2) is 28.4 Å². The number of nitrogens with zero attached hydrogens (tertiary/aromatic N) is 1. The Balaban J connectivity index is 1.69. The molecule has 3 amide bonds. The Hall–Kier alpha value is -1.06. The minimum Gasteiger partial charge on any atom is -0.334 e. The van der Waals surface area contributed by atoms with Crippen molar-refractivity contribution in [2.45, 2.75) is 64.0 Å². The van der Waals surface area contributed by atoms with Gasteiger partial charge in [0.15, 0.2) is 0 Å². The lowest BCUT2D eigenvalue weighted by molar-refractivity contribution is -0.150. The molecular weight excluding hydrogens is 252 g/mol. The van der Waals surface area contributed by atoms with E-state index in [1.807, 2.05) is 13.8 Å². The number of imide groups is 1. The van der Waals surface area contributed by atoms with Gasteiger partial charge in [-0.15, -0.1) is 0 Å². The standard InChI is InChI=1S/C16H24N2O2/c1-9-10(2)17-15(20)18(14(9)19)16-6-11-3-12(7-16)5-13(4-11)8-16/h9-13H,3-8H2,1-2H3,(H,17,20). The van der Waals surface area contributed by atoms with Crippen molar-refractivity contribution in [3.8, 4) is 0 Å². The summed E-state index contributed by atoms with van der Waals surface area (Å²) in [7, 11) is 0. The lowest BCUT2D eigenvalue weighted by Gasteiger charge is -2.60. The maximum atomic E-state index is 12.7. The molecule has 0 aromatic rings. The van der Waals surface area contributed by atoms with Crippen molar-refractivity contribution in [2.24, 2.45) is 23.7 Å². The Morgan fingerprint density at radius 1 is 1.00 bits per heavy atom. The third kappa shape index (κ3) is 1.60. The van der Waals surface area contributed by atoms with Crippen LogP contribution in [0.5, 0.6) is 0 Å². The van der Waals surface area contributed by atoms with Gasteiger partial charge in [0, 0.05) is 6.04 Å². The second-order valence-electron chi connectivity index (χ2n) is 7.84. The van der Waals surface area contributed by atoms with Gasteiger partial charge >= 0.3 is 6.03 Å². The highest BCUT2D eigenvalue weighted by Crippen LogP contribution is 2.58. The van der Waals surface area contributed by atoms with Gasteiger partial charge in [-0.05, 0) is 63.2 Å². The van der Waals surface area contributed by atoms with Crippen molar-refractivity contribution in [2.75, 3.05) is 0 Å². The topological polar surface area (TPSA) is 49.4 Å². The van der Waals surface area contributed by atoms with Crippen LogP contribution in [0.2, 0.25) is 0 Å². The fourth-order valence-corrected chi connectivity index (χ4v) is 5.69. The fraction of sp³-hybridized carbons (Fsp3) is 0.875. The molecule has 20 heavy (non-hydrogen) atoms. The van der Waals surface area contributed by atoms with Gasteiger partial charge in [0.1, 0.15) is 0 Å². The number of carbonyl (C=O) groups is 2. The first-order valence-corrected chi connectivity index (χ1v) is 8.13. The molecule has 1 N–H and O–H groups in total. The van der Waals surface area contributed by atoms with Crippen LogP contribution in [0.3, 0.4) is 0 Å². The van der Waals surface area contributed by atoms with E-state index in [1.54, 1.807) is 4.90 Å². The Labute approximate surface area is 120 Å². The van der Waals surface area contributed by atoms with Gasteiger partial charge < -0.3 is 5.32 Å². The zero-order valence-corrected chi connectivity index (χ0v) is 12.4. The summed E-state index contributed by atoms with van der Waals surface area (Å²) in [5, 5.41) is 3.00. The molecule has 4 heteroatoms. The van der Waals surface area contributed by atoms with E-state index in [4.69, 9.17) is 0 Å². The quantitative estimate of drug-likeness (QED) is 0.800. The van der Waals surface area contributed by atoms with Crippen molar-refractivity contribution in [3.63, 3.8) is 0 Å². The summed E-state index contributed by atoms with van der Waals surface area (Å²) in [6.45, 7) is 3.87. The monoisotopic (exact) mass is 276 g/mol. The average Bonchev–Trinajstić information content (AvgIpc) is 2.34. The predicted octanol–water partition coefficient (Wildman–Crippen LogP) is 2.53. The SMILES string of the molecule is CC1NC(=O)N(C23CC4CC(CC(C4)C2)C3)C(=O)C1C. The van der Waals surface area contributed by atoms with Crippen molar-refractivity contribution in [1.82, 2.24) is 10.2 Å². The van der Waals surface area contributed by atoms with Gasteiger partial charge in [0.05, 0.1) is 11.5 Å². The molecule has 0 aromatic heterocycles. The van der Waals surface area contributed by atoms with Crippen LogP contribution in [0.4, 0.5) is 4.79 Å². The molecule has 1 heterocycles. The van der Waals surface area contributed by atoms with Crippen LogP contribution in [0.15, 0.2) is 0 Å². The summed E-state index contributed by atoms with van der Waals surface area (Å²) < 4.78 is 0. The summed E-state index contributed by atoms with van der Waals surface area (Å²) in [5.74, 6) is 2.20. The molecule has 4 nitrogen and oxygen atoms in total. The molecule has 4 bridgehead atoms. The second kappa shape index (κ2) is 3.99. The van der Waals surface area contributed by atoms with E-state index in [-0.39, 0.29) is 29.4 Å². The number of amides is 3. The molecule has 0 spiro atoms. The molecule has 0 aromatic carbocycles. The van der Waals surface area contributed by atoms with Crippen molar-refractivity contribution in [1.29, 1.82) is 0 Å². The number of carbonyl (C=O) groups excluding carboxylic acids is 2. The first-order chi connectivity index (χ1) is 9.48. The molecule has 5 rings (SSSR count). The highest BCUT2D eigenvalue weighted by molar-refractivity contribution is 5.99. The first kappa shape index (κ1) is 12.7. The summed E-state index contributed by atoms with van der Waals surface area (Å²) in [6, 6.07) is -0.178. The molecule has 110 valence electrons. The van der Waals surface area contributed by atoms with Gasteiger partial charge in [0.25, 0.3) is 0 Å². The average molecular weight is 276 g/mol. The van der Waals surface area contributed by atoms with Gasteiger partial charge in [-0.3, -0.25) is 9.69 Å². The third-order valence-corrected chi connectivity index (χ3v) is 6.39. The Morgan fingerprint density at radius 3 is 2.00 bits per heavy atom. The molecule has 1 aliphatic heterocycles. The number of hydrogen-bond donors (Lipinski definition) is 1. The Kier molecular flexibility index (Phi) is 2.52. The van der Waals surface area contributed by atoms with Crippen LogP contribution in [0, 0.1) is 23.7 Å². The van der Waals surface area contributed by atoms with E-state index < -0.39 is 0 Å². The van der Waals surface area contributed by atoms with Crippen molar-refractivity contribution < 1.29 is 9.59 Å². The molecule has 4 aliphatic carbocycles. The molecule has 2 unspecified atom stereocenters. The molecule has 5 fully saturated rings. The van der Waals surface area contributed by atoms with Crippen molar-refractivity contribution in [3.05, 3.63) is 0 Å². The smallest absolute Gasteiger partial charge is 0.324 e. The summed E-state index contributed by atoms with van der Waals surface area (Å²) in [5.41, 5.74) is -0.148. The second-order valence-corrected chi connectivity index (χ2v) is 7.84. The molecule has 0 radical (unpaired) electrons. The first-order valence-electron chi connectivity index (χ1n) is 8.13.